The predicted molar refractivity (Wildman–Crippen MR) is 152 cm³/mol. The zero-order valence-electron chi connectivity index (χ0n) is 25.1. The molecule has 210 valence electrons. The Balaban J connectivity index is 1.35. The molecule has 0 unspecified atom stereocenters. The van der Waals surface area contributed by atoms with Gasteiger partial charge in [-0.3, -0.25) is 0 Å². The molecule has 0 bridgehead atoms. The van der Waals surface area contributed by atoms with Crippen molar-refractivity contribution in [3.8, 4) is 0 Å². The third-order valence-corrected chi connectivity index (χ3v) is 12.6. The van der Waals surface area contributed by atoms with Crippen LogP contribution in [0.15, 0.2) is 0 Å². The van der Waals surface area contributed by atoms with E-state index in [0.29, 0.717) is 17.8 Å². The third-order valence-electron chi connectivity index (χ3n) is 10.7. The molecule has 0 radical (unpaired) electrons. The standard InChI is InChI=1S/3C11H19O.Al/c3*1-8(2)7-11(12,9-3-4-9)10-5-6-10;/h3*8-10H,3-7H2,1-2H3;/q3*-1;+3. The van der Waals surface area contributed by atoms with Crippen molar-refractivity contribution in [2.45, 2.75) is 155 Å². The highest BCUT2D eigenvalue weighted by molar-refractivity contribution is 6.37. The first kappa shape index (κ1) is 27.6. The molecule has 0 spiro atoms. The van der Waals surface area contributed by atoms with E-state index < -0.39 is 15.1 Å². The topological polar surface area (TPSA) is 27.7 Å². The fourth-order valence-corrected chi connectivity index (χ4v) is 11.3. The Kier molecular flexibility index (Phi) is 7.72. The lowest BCUT2D eigenvalue weighted by Gasteiger charge is -2.46. The van der Waals surface area contributed by atoms with Crippen molar-refractivity contribution in [1.82, 2.24) is 0 Å². The van der Waals surface area contributed by atoms with Gasteiger partial charge in [0.2, 0.25) is 0 Å². The Morgan fingerprint density at radius 3 is 0.757 bits per heavy atom. The van der Waals surface area contributed by atoms with Crippen LogP contribution in [-0.2, 0) is 11.4 Å². The van der Waals surface area contributed by atoms with Gasteiger partial charge in [-0.05, 0) is 150 Å². The molecule has 6 rings (SSSR count). The van der Waals surface area contributed by atoms with Gasteiger partial charge in [-0.1, -0.05) is 41.5 Å². The molecule has 0 saturated heterocycles. The highest BCUT2D eigenvalue weighted by Gasteiger charge is 2.66. The molecule has 0 atom stereocenters. The van der Waals surface area contributed by atoms with Crippen LogP contribution in [0.2, 0.25) is 0 Å². The normalized spacial score (nSPS) is 25.5. The van der Waals surface area contributed by atoms with E-state index in [0.717, 1.165) is 35.5 Å². The van der Waals surface area contributed by atoms with Gasteiger partial charge in [0.25, 0.3) is 0 Å². The summed E-state index contributed by atoms with van der Waals surface area (Å²) in [6.45, 7) is 14.5. The number of hydrogen-bond acceptors (Lipinski definition) is 3. The zero-order valence-corrected chi connectivity index (χ0v) is 26.3. The van der Waals surface area contributed by atoms with E-state index in [2.05, 4.69) is 41.5 Å². The van der Waals surface area contributed by atoms with Crippen LogP contribution in [0, 0.1) is 53.3 Å². The molecule has 6 fully saturated rings. The van der Waals surface area contributed by atoms with E-state index in [1.807, 2.05) is 0 Å². The van der Waals surface area contributed by atoms with Gasteiger partial charge in [0.1, 0.15) is 0 Å². The molecule has 0 amide bonds. The van der Waals surface area contributed by atoms with Crippen molar-refractivity contribution < 1.29 is 11.4 Å². The van der Waals surface area contributed by atoms with E-state index in [1.54, 1.807) is 0 Å². The second kappa shape index (κ2) is 10.4. The van der Waals surface area contributed by atoms with Crippen molar-refractivity contribution in [1.29, 1.82) is 0 Å². The second-order valence-corrected chi connectivity index (χ2v) is 17.2. The zero-order chi connectivity index (χ0) is 26.0. The lowest BCUT2D eigenvalue weighted by atomic mass is 9.83. The Morgan fingerprint density at radius 1 is 0.432 bits per heavy atom. The predicted octanol–water partition coefficient (Wildman–Crippen LogP) is 8.84. The van der Waals surface area contributed by atoms with Gasteiger partial charge < -0.3 is 11.4 Å². The monoisotopic (exact) mass is 528 g/mol. The van der Waals surface area contributed by atoms with Crippen LogP contribution in [-0.4, -0.2) is 32.0 Å². The number of hydrogen-bond donors (Lipinski definition) is 0. The highest BCUT2D eigenvalue weighted by Crippen LogP contribution is 2.62. The molecule has 6 saturated carbocycles. The summed E-state index contributed by atoms with van der Waals surface area (Å²) in [6.07, 6.45) is 19.9. The van der Waals surface area contributed by atoms with Gasteiger partial charge in [-0.2, -0.15) is 0 Å². The summed E-state index contributed by atoms with van der Waals surface area (Å²) in [6, 6.07) is 0. The fraction of sp³-hybridized carbons (Fsp3) is 1.00. The van der Waals surface area contributed by atoms with E-state index in [9.17, 15) is 0 Å². The largest absolute Gasteiger partial charge is 0.906 e. The van der Waals surface area contributed by atoms with E-state index >= 15 is 0 Å². The molecule has 37 heavy (non-hydrogen) atoms. The summed E-state index contributed by atoms with van der Waals surface area (Å²) in [4.78, 5) is 0. The van der Waals surface area contributed by atoms with Crippen LogP contribution in [0.5, 0.6) is 0 Å². The van der Waals surface area contributed by atoms with Crippen molar-refractivity contribution >= 4 is 15.1 Å². The molecule has 6 aliphatic carbocycles. The van der Waals surface area contributed by atoms with Crippen LogP contribution in [0.1, 0.15) is 138 Å². The van der Waals surface area contributed by atoms with E-state index in [1.165, 1.54) is 96.3 Å². The Morgan fingerprint density at radius 2 is 0.622 bits per heavy atom. The lowest BCUT2D eigenvalue weighted by Crippen LogP contribution is -2.56. The Labute approximate surface area is 233 Å². The summed E-state index contributed by atoms with van der Waals surface area (Å²) < 4.78 is 23.0. The lowest BCUT2D eigenvalue weighted by molar-refractivity contribution is -0.136. The molecule has 0 heterocycles. The minimum absolute atomic E-state index is 0.0262. The van der Waals surface area contributed by atoms with Crippen molar-refractivity contribution in [2.24, 2.45) is 53.3 Å². The second-order valence-electron chi connectivity index (χ2n) is 15.9. The first-order valence-corrected chi connectivity index (χ1v) is 18.1. The van der Waals surface area contributed by atoms with Gasteiger partial charge in [-0.25, -0.2) is 0 Å². The molecule has 0 aromatic carbocycles. The Hall–Kier alpha value is 0.412. The van der Waals surface area contributed by atoms with Gasteiger partial charge >= 0.3 is 15.1 Å². The van der Waals surface area contributed by atoms with Crippen LogP contribution < -0.4 is 0 Å². The van der Waals surface area contributed by atoms with Crippen molar-refractivity contribution in [3.05, 3.63) is 0 Å². The minimum atomic E-state index is -2.38. The van der Waals surface area contributed by atoms with E-state index in [-0.39, 0.29) is 16.8 Å². The maximum Gasteiger partial charge on any atom is 0.906 e. The van der Waals surface area contributed by atoms with Crippen LogP contribution in [0.4, 0.5) is 0 Å². The maximum atomic E-state index is 7.68. The molecular weight excluding hydrogens is 471 g/mol. The average molecular weight is 529 g/mol. The van der Waals surface area contributed by atoms with Gasteiger partial charge in [-0.15, -0.1) is 0 Å². The summed E-state index contributed by atoms with van der Waals surface area (Å²) in [5, 5.41) is 0. The fourth-order valence-electron chi connectivity index (χ4n) is 8.68. The summed E-state index contributed by atoms with van der Waals surface area (Å²) in [5.74, 6) is 6.44. The van der Waals surface area contributed by atoms with Gasteiger partial charge in [0.05, 0.1) is 0 Å². The molecule has 0 aliphatic heterocycles. The van der Waals surface area contributed by atoms with Gasteiger partial charge in [0.15, 0.2) is 0 Å². The SMILES string of the molecule is CC(C)CC([O][Al]([O]C(CC(C)C)(C1CC1)C1CC1)[O]C(CC(C)C)(C1CC1)C1CC1)(C1CC1)C1CC1. The van der Waals surface area contributed by atoms with Crippen LogP contribution in [0.3, 0.4) is 0 Å². The molecule has 0 aromatic heterocycles. The van der Waals surface area contributed by atoms with Crippen molar-refractivity contribution in [3.63, 3.8) is 0 Å². The average Bonchev–Trinajstić information content (AvgIpc) is 3.67. The minimum Gasteiger partial charge on any atom is -0.449 e. The highest BCUT2D eigenvalue weighted by atomic mass is 27.3. The molecule has 6 aliphatic rings. The molecule has 3 nitrogen and oxygen atoms in total. The smallest absolute Gasteiger partial charge is 0.449 e. The first-order valence-electron chi connectivity index (χ1n) is 16.7. The summed E-state index contributed by atoms with van der Waals surface area (Å²) in [7, 11) is 0. The third kappa shape index (κ3) is 6.05. The maximum absolute atomic E-state index is 7.68. The first-order chi connectivity index (χ1) is 17.7. The summed E-state index contributed by atoms with van der Waals surface area (Å²) in [5.41, 5.74) is 0.0786. The molecule has 0 aromatic rings. The Bertz CT molecular complexity index is 643. The van der Waals surface area contributed by atoms with Crippen LogP contribution in [0.25, 0.3) is 0 Å². The molecule has 0 N–H and O–H groups in total. The molecular formula is C33H57AlO3. The molecule has 4 heteroatoms. The quantitative estimate of drug-likeness (QED) is 0.166. The number of rotatable bonds is 18. The van der Waals surface area contributed by atoms with Gasteiger partial charge in [0, 0.05) is 16.8 Å². The van der Waals surface area contributed by atoms with E-state index in [4.69, 9.17) is 11.4 Å². The van der Waals surface area contributed by atoms with Crippen LogP contribution >= 0.6 is 0 Å². The summed E-state index contributed by atoms with van der Waals surface area (Å²) >= 11 is -2.38. The van der Waals surface area contributed by atoms with Crippen molar-refractivity contribution in [2.75, 3.05) is 0 Å².